The van der Waals surface area contributed by atoms with E-state index in [0.717, 1.165) is 6.08 Å². The Balaban J connectivity index is 2.86. The molecule has 0 spiro atoms. The third-order valence-corrected chi connectivity index (χ3v) is 2.25. The lowest BCUT2D eigenvalue weighted by Crippen LogP contribution is -2.48. The Morgan fingerprint density at radius 2 is 2.00 bits per heavy atom. The largest absolute Gasteiger partial charge is 0.425 e. The Kier molecular flexibility index (Phi) is 2.20. The van der Waals surface area contributed by atoms with Gasteiger partial charge in [0, 0.05) is 6.20 Å². The van der Waals surface area contributed by atoms with Gasteiger partial charge in [-0.2, -0.15) is 13.2 Å². The Morgan fingerprint density at radius 3 is 2.33 bits per heavy atom. The highest BCUT2D eigenvalue weighted by atomic mass is 79.9. The van der Waals surface area contributed by atoms with E-state index in [9.17, 15) is 17.6 Å². The second kappa shape index (κ2) is 2.76. The number of rotatable bonds is 0. The minimum absolute atomic E-state index is 0.655. The average molecular weight is 246 g/mol. The molecule has 0 radical (unpaired) electrons. The lowest BCUT2D eigenvalue weighted by molar-refractivity contribution is -0.150. The first-order chi connectivity index (χ1) is 5.35. The zero-order chi connectivity index (χ0) is 9.41. The minimum Gasteiger partial charge on any atom is -0.363 e. The van der Waals surface area contributed by atoms with Crippen molar-refractivity contribution in [1.29, 1.82) is 0 Å². The number of hydrogen-bond acceptors (Lipinski definition) is 1. The molecular formula is C6H4BrF4N. The average Bonchev–Trinajstić information content (AvgIpc) is 1.93. The molecule has 6 heteroatoms. The smallest absolute Gasteiger partial charge is 0.363 e. The topological polar surface area (TPSA) is 12.0 Å². The summed E-state index contributed by atoms with van der Waals surface area (Å²) in [6.45, 7) is 0. The third kappa shape index (κ3) is 1.63. The minimum atomic E-state index is -4.50. The van der Waals surface area contributed by atoms with Crippen molar-refractivity contribution in [2.45, 2.75) is 10.6 Å². The summed E-state index contributed by atoms with van der Waals surface area (Å²) in [6.07, 6.45) is -2.43. The number of halogens is 5. The van der Waals surface area contributed by atoms with Crippen LogP contribution in [-0.4, -0.2) is 10.6 Å². The van der Waals surface area contributed by atoms with Crippen molar-refractivity contribution in [3.05, 3.63) is 24.2 Å². The highest BCUT2D eigenvalue weighted by Crippen LogP contribution is 2.38. The van der Waals surface area contributed by atoms with E-state index in [0.29, 0.717) is 12.3 Å². The van der Waals surface area contributed by atoms with Crippen LogP contribution in [0.2, 0.25) is 0 Å². The highest BCUT2D eigenvalue weighted by Gasteiger charge is 2.51. The fourth-order valence-corrected chi connectivity index (χ4v) is 0.888. The van der Waals surface area contributed by atoms with E-state index in [-0.39, 0.29) is 0 Å². The second-order valence-corrected chi connectivity index (χ2v) is 3.47. The predicted octanol–water partition coefficient (Wildman–Crippen LogP) is 2.61. The van der Waals surface area contributed by atoms with Crippen LogP contribution in [0.4, 0.5) is 17.6 Å². The van der Waals surface area contributed by atoms with Gasteiger partial charge in [-0.05, 0) is 28.1 Å². The van der Waals surface area contributed by atoms with E-state index in [2.05, 4.69) is 15.9 Å². The number of dihydropyridines is 1. The SMILES string of the molecule is FC1=CNC(Br)(C(F)(F)F)C=C1. The quantitative estimate of drug-likeness (QED) is 0.393. The summed E-state index contributed by atoms with van der Waals surface area (Å²) in [5, 5.41) is 1.85. The summed E-state index contributed by atoms with van der Waals surface area (Å²) in [4.78, 5) is 0. The van der Waals surface area contributed by atoms with Crippen molar-refractivity contribution in [3.63, 3.8) is 0 Å². The number of hydrogen-bond donors (Lipinski definition) is 1. The standard InChI is InChI=1S/C6H4BrF4N/c7-5(6(9,10)11)2-1-4(8)3-12-5/h1-3,12H. The molecule has 68 valence electrons. The molecule has 0 aliphatic carbocycles. The lowest BCUT2D eigenvalue weighted by Gasteiger charge is -2.28. The van der Waals surface area contributed by atoms with Crippen LogP contribution in [0.1, 0.15) is 0 Å². The van der Waals surface area contributed by atoms with Crippen molar-refractivity contribution < 1.29 is 17.6 Å². The lowest BCUT2D eigenvalue weighted by atomic mass is 10.2. The Hall–Kier alpha value is -0.520. The van der Waals surface area contributed by atoms with Crippen molar-refractivity contribution in [3.8, 4) is 0 Å². The molecule has 0 aromatic carbocycles. The van der Waals surface area contributed by atoms with Gasteiger partial charge < -0.3 is 5.32 Å². The van der Waals surface area contributed by atoms with Gasteiger partial charge in [-0.25, -0.2) is 4.39 Å². The number of allylic oxidation sites excluding steroid dienone is 2. The highest BCUT2D eigenvalue weighted by molar-refractivity contribution is 9.10. The van der Waals surface area contributed by atoms with Crippen LogP contribution < -0.4 is 5.32 Å². The van der Waals surface area contributed by atoms with Crippen LogP contribution in [0.5, 0.6) is 0 Å². The molecular weight excluding hydrogens is 242 g/mol. The maximum absolute atomic E-state index is 12.2. The molecule has 1 aliphatic rings. The van der Waals surface area contributed by atoms with Gasteiger partial charge in [0.15, 0.2) is 0 Å². The number of nitrogens with one attached hydrogen (secondary N) is 1. The molecule has 0 fully saturated rings. The van der Waals surface area contributed by atoms with Gasteiger partial charge in [0.25, 0.3) is 0 Å². The van der Waals surface area contributed by atoms with Crippen molar-refractivity contribution in [1.82, 2.24) is 5.32 Å². The van der Waals surface area contributed by atoms with Gasteiger partial charge >= 0.3 is 6.18 Å². The van der Waals surface area contributed by atoms with Gasteiger partial charge in [0.05, 0.1) is 0 Å². The van der Waals surface area contributed by atoms with Gasteiger partial charge in [0.1, 0.15) is 5.83 Å². The molecule has 0 saturated heterocycles. The maximum Gasteiger partial charge on any atom is 0.425 e. The molecule has 1 atom stereocenters. The van der Waals surface area contributed by atoms with Crippen LogP contribution in [-0.2, 0) is 0 Å². The normalized spacial score (nSPS) is 29.6. The predicted molar refractivity (Wildman–Crippen MR) is 39.2 cm³/mol. The molecule has 0 bridgehead atoms. The Morgan fingerprint density at radius 1 is 1.42 bits per heavy atom. The fourth-order valence-electron chi connectivity index (χ4n) is 0.641. The molecule has 1 unspecified atom stereocenters. The van der Waals surface area contributed by atoms with Crippen LogP contribution in [0, 0.1) is 0 Å². The first-order valence-corrected chi connectivity index (χ1v) is 3.73. The van der Waals surface area contributed by atoms with Crippen LogP contribution in [0.25, 0.3) is 0 Å². The zero-order valence-electron chi connectivity index (χ0n) is 5.62. The molecule has 1 heterocycles. The summed E-state index contributed by atoms with van der Waals surface area (Å²) in [6, 6.07) is 0. The van der Waals surface area contributed by atoms with Crippen LogP contribution in [0.15, 0.2) is 24.2 Å². The van der Waals surface area contributed by atoms with Crippen LogP contribution >= 0.6 is 15.9 Å². The monoisotopic (exact) mass is 245 g/mol. The molecule has 1 aliphatic heterocycles. The van der Waals surface area contributed by atoms with Crippen molar-refractivity contribution in [2.75, 3.05) is 0 Å². The molecule has 0 aromatic heterocycles. The first kappa shape index (κ1) is 9.57. The Bertz CT molecular complexity index is 244. The van der Waals surface area contributed by atoms with Crippen molar-refractivity contribution >= 4 is 15.9 Å². The van der Waals surface area contributed by atoms with E-state index in [4.69, 9.17) is 0 Å². The molecule has 1 rings (SSSR count). The van der Waals surface area contributed by atoms with Crippen molar-refractivity contribution in [2.24, 2.45) is 0 Å². The maximum atomic E-state index is 12.2. The molecule has 1 N–H and O–H groups in total. The van der Waals surface area contributed by atoms with E-state index in [1.165, 1.54) is 0 Å². The summed E-state index contributed by atoms with van der Waals surface area (Å²) in [5.41, 5.74) is 0. The van der Waals surface area contributed by atoms with E-state index in [1.54, 1.807) is 0 Å². The zero-order valence-corrected chi connectivity index (χ0v) is 7.21. The summed E-state index contributed by atoms with van der Waals surface area (Å²) in [5.74, 6) is -0.741. The second-order valence-electron chi connectivity index (χ2n) is 2.22. The van der Waals surface area contributed by atoms with E-state index >= 15 is 0 Å². The first-order valence-electron chi connectivity index (χ1n) is 2.93. The van der Waals surface area contributed by atoms with Gasteiger partial charge in [-0.1, -0.05) is 0 Å². The van der Waals surface area contributed by atoms with Gasteiger partial charge in [0.2, 0.25) is 4.45 Å². The van der Waals surface area contributed by atoms with Crippen LogP contribution in [0.3, 0.4) is 0 Å². The van der Waals surface area contributed by atoms with E-state index in [1.807, 2.05) is 5.32 Å². The third-order valence-electron chi connectivity index (χ3n) is 1.30. The molecule has 0 aromatic rings. The summed E-state index contributed by atoms with van der Waals surface area (Å²) < 4.78 is 46.3. The van der Waals surface area contributed by atoms with Gasteiger partial charge in [-0.15, -0.1) is 0 Å². The molecule has 0 saturated carbocycles. The van der Waals surface area contributed by atoms with E-state index < -0.39 is 16.5 Å². The molecule has 12 heavy (non-hydrogen) atoms. The Labute approximate surface area is 74.3 Å². The summed E-state index contributed by atoms with van der Waals surface area (Å²) in [7, 11) is 0. The summed E-state index contributed by atoms with van der Waals surface area (Å²) >= 11 is 2.41. The molecule has 0 amide bonds. The number of alkyl halides is 4. The van der Waals surface area contributed by atoms with Gasteiger partial charge in [-0.3, -0.25) is 0 Å². The molecule has 1 nitrogen and oxygen atoms in total. The fraction of sp³-hybridized carbons (Fsp3) is 0.333.